The van der Waals surface area contributed by atoms with E-state index in [0.717, 1.165) is 11.8 Å². The molecule has 4 nitrogen and oxygen atoms in total. The second-order valence-corrected chi connectivity index (χ2v) is 6.53. The fourth-order valence-corrected chi connectivity index (χ4v) is 2.77. The summed E-state index contributed by atoms with van der Waals surface area (Å²) < 4.78 is 0.531. The van der Waals surface area contributed by atoms with Crippen LogP contribution in [0, 0.1) is 10.7 Å². The van der Waals surface area contributed by atoms with Crippen LogP contribution in [0.4, 0.5) is 0 Å². The van der Waals surface area contributed by atoms with Gasteiger partial charge in [-0.15, -0.1) is 0 Å². The summed E-state index contributed by atoms with van der Waals surface area (Å²) in [5.41, 5.74) is -0.0916. The van der Waals surface area contributed by atoms with E-state index in [4.69, 9.17) is 5.26 Å². The summed E-state index contributed by atoms with van der Waals surface area (Å²) in [6.45, 7) is 0.347. The largest absolute Gasteiger partial charge is 0.366 e. The smallest absolute Gasteiger partial charge is 0.234 e. The minimum absolute atomic E-state index is 0.0916. The number of hydrogen-bond acceptors (Lipinski definition) is 4. The maximum Gasteiger partial charge on any atom is 0.234 e. The average molecular weight is 235 g/mol. The zero-order valence-corrected chi connectivity index (χ0v) is 10.4. The molecule has 0 aromatic heterocycles. The lowest BCUT2D eigenvalue weighted by atomic mass is 10.5. The molecule has 0 spiro atoms. The molecule has 0 radical (unpaired) electrons. The number of quaternary nitrogens is 1. The van der Waals surface area contributed by atoms with Crippen molar-refractivity contribution >= 4 is 25.4 Å². The van der Waals surface area contributed by atoms with Crippen molar-refractivity contribution in [1.29, 1.82) is 5.26 Å². The molecule has 0 aliphatic rings. The van der Waals surface area contributed by atoms with Crippen molar-refractivity contribution in [1.82, 2.24) is 0 Å². The predicted octanol–water partition coefficient (Wildman–Crippen LogP) is 0.823. The van der Waals surface area contributed by atoms with Gasteiger partial charge in [-0.05, 0) is 11.8 Å². The van der Waals surface area contributed by atoms with Crippen molar-refractivity contribution in [3.8, 4) is 5.40 Å². The van der Waals surface area contributed by atoms with Gasteiger partial charge in [-0.1, -0.05) is 0 Å². The molecule has 0 heterocycles. The van der Waals surface area contributed by atoms with Gasteiger partial charge in [0, 0.05) is 11.9 Å². The number of thioether (sulfide) groups is 1. The highest BCUT2D eigenvalue weighted by molar-refractivity contribution is 8.04. The van der Waals surface area contributed by atoms with Crippen LogP contribution in [0.5, 0.6) is 0 Å². The van der Waals surface area contributed by atoms with Gasteiger partial charge in [-0.25, -0.2) is 0 Å². The Morgan fingerprint density at radius 3 is 2.57 bits per heavy atom. The first kappa shape index (κ1) is 13.9. The Labute approximate surface area is 90.3 Å². The molecule has 0 aliphatic carbocycles. The molecule has 14 heavy (non-hydrogen) atoms. The number of carbonyl (C=O) groups excluding carboxylic acids is 1. The van der Waals surface area contributed by atoms with Gasteiger partial charge in [0.2, 0.25) is 5.52 Å². The molecule has 0 fully saturated rings. The van der Waals surface area contributed by atoms with E-state index >= 15 is 0 Å². The Hall–Kier alpha value is -0.140. The van der Waals surface area contributed by atoms with Gasteiger partial charge in [0.1, 0.15) is 20.1 Å². The highest BCUT2D eigenvalue weighted by Crippen LogP contribution is 2.32. The van der Waals surface area contributed by atoms with E-state index in [9.17, 15) is 9.69 Å². The first-order valence-electron chi connectivity index (χ1n) is 4.17. The first-order chi connectivity index (χ1) is 6.37. The first-order valence-corrected chi connectivity index (χ1v) is 6.64. The van der Waals surface area contributed by atoms with Gasteiger partial charge >= 0.3 is 0 Å². The summed E-state index contributed by atoms with van der Waals surface area (Å²) in [7, 11) is 4.18. The Morgan fingerprint density at radius 1 is 1.57 bits per heavy atom. The van der Waals surface area contributed by atoms with Crippen LogP contribution in [0.3, 0.4) is 0 Å². The molecule has 80 valence electrons. The Bertz CT molecular complexity index is 234. The maximum atomic E-state index is 11.4. The highest BCUT2D eigenvalue weighted by atomic mass is 32.2. The second kappa shape index (κ2) is 6.36. The van der Waals surface area contributed by atoms with Crippen LogP contribution in [0.1, 0.15) is 0 Å². The van der Waals surface area contributed by atoms with E-state index in [1.165, 1.54) is 0 Å². The van der Waals surface area contributed by atoms with Gasteiger partial charge in [-0.3, -0.25) is 4.79 Å². The van der Waals surface area contributed by atoms with Gasteiger partial charge in [-0.2, -0.15) is 5.26 Å². The molecule has 6 heteroatoms. The van der Waals surface area contributed by atoms with Crippen molar-refractivity contribution < 1.29 is 14.2 Å². The highest BCUT2D eigenvalue weighted by Gasteiger charge is 2.21. The van der Waals surface area contributed by atoms with Gasteiger partial charge < -0.3 is 9.38 Å². The van der Waals surface area contributed by atoms with Crippen LogP contribution in [-0.2, 0) is 4.79 Å². The van der Waals surface area contributed by atoms with Crippen molar-refractivity contribution in [3.05, 3.63) is 0 Å². The van der Waals surface area contributed by atoms with Gasteiger partial charge in [0.05, 0.1) is 21.1 Å². The summed E-state index contributed by atoms with van der Waals surface area (Å²) in [5.74, 6) is 0.529. The Morgan fingerprint density at radius 2 is 2.14 bits per heavy atom. The lowest BCUT2D eigenvalue weighted by Gasteiger charge is -2.23. The van der Waals surface area contributed by atoms with Crippen molar-refractivity contribution in [3.63, 3.8) is 0 Å². The third-order valence-corrected chi connectivity index (χ3v) is 3.57. The lowest BCUT2D eigenvalue weighted by molar-refractivity contribution is -0.861. The minimum Gasteiger partial charge on any atom is -0.366 e. The van der Waals surface area contributed by atoms with Gasteiger partial charge in [0.15, 0.2) is 0 Å². The molecule has 0 aliphatic heterocycles. The topological polar surface area (TPSA) is 61.1 Å². The number of carbonyl (C=O) groups is 1. The zero-order chi connectivity index (χ0) is 11.2. The van der Waals surface area contributed by atoms with Crippen LogP contribution in [0.15, 0.2) is 0 Å². The van der Waals surface area contributed by atoms with Crippen LogP contribution in [0.2, 0.25) is 0 Å². The molecular weight excluding hydrogens is 219 g/mol. The van der Waals surface area contributed by atoms with Crippen LogP contribution in [-0.4, -0.2) is 54.5 Å². The Kier molecular flexibility index (Phi) is 6.30. The molecule has 0 bridgehead atoms. The van der Waals surface area contributed by atoms with Crippen LogP contribution in [0.25, 0.3) is 0 Å². The average Bonchev–Trinajstić information content (AvgIpc) is 2.01. The molecule has 0 amide bonds. The van der Waals surface area contributed by atoms with Crippen LogP contribution >= 0.6 is 19.9 Å². The number of likely N-dealkylation sites (N-methyl/N-ethyl adjacent to an activating group) is 1. The number of nitrogens with zero attached hydrogens (tertiary/aromatic N) is 2. The normalized spacial score (nSPS) is 13.4. The molecule has 0 aromatic rings. The predicted molar refractivity (Wildman–Crippen MR) is 60.0 cm³/mol. The molecule has 0 aromatic carbocycles. The summed E-state index contributed by atoms with van der Waals surface area (Å²) in [5, 5.41) is 10.2. The van der Waals surface area contributed by atoms with E-state index < -0.39 is 8.15 Å². The van der Waals surface area contributed by atoms with E-state index in [2.05, 4.69) is 0 Å². The SMILES string of the molecule is C[N+](C)(C)CC(=O)P(O)CCSC#N. The second-order valence-electron chi connectivity index (χ2n) is 3.91. The summed E-state index contributed by atoms with van der Waals surface area (Å²) >= 11 is 1.08. The van der Waals surface area contributed by atoms with Crippen LogP contribution < -0.4 is 0 Å². The number of hydrogen-bond donors (Lipinski definition) is 1. The summed E-state index contributed by atoms with van der Waals surface area (Å²) in [6, 6.07) is 0. The fourth-order valence-electron chi connectivity index (χ4n) is 0.790. The monoisotopic (exact) mass is 235 g/mol. The van der Waals surface area contributed by atoms with E-state index in [-0.39, 0.29) is 5.52 Å². The molecule has 0 saturated carbocycles. The zero-order valence-electron chi connectivity index (χ0n) is 8.73. The number of nitriles is 1. The fraction of sp³-hybridized carbons (Fsp3) is 0.750. The molecule has 1 atom stereocenters. The quantitative estimate of drug-likeness (QED) is 0.320. The molecule has 1 N–H and O–H groups in total. The Balaban J connectivity index is 3.84. The van der Waals surface area contributed by atoms with Gasteiger partial charge in [0.25, 0.3) is 0 Å². The molecule has 0 rings (SSSR count). The lowest BCUT2D eigenvalue weighted by Crippen LogP contribution is -2.39. The van der Waals surface area contributed by atoms with Crippen molar-refractivity contribution in [2.45, 2.75) is 0 Å². The molecular formula is C8H16N2O2PS+. The van der Waals surface area contributed by atoms with E-state index in [1.807, 2.05) is 26.5 Å². The maximum absolute atomic E-state index is 11.4. The summed E-state index contributed by atoms with van der Waals surface area (Å²) in [4.78, 5) is 20.9. The van der Waals surface area contributed by atoms with Crippen molar-refractivity contribution in [2.24, 2.45) is 0 Å². The molecule has 0 saturated heterocycles. The standard InChI is InChI=1S/C8H16N2O2PS/c1-10(2,3)6-8(11)13(12)4-5-14-7-9/h12H,4-6H2,1-3H3/q+1. The minimum atomic E-state index is -1.54. The van der Waals surface area contributed by atoms with Crippen molar-refractivity contribution in [2.75, 3.05) is 39.6 Å². The number of rotatable bonds is 6. The third kappa shape index (κ3) is 7.28. The van der Waals surface area contributed by atoms with E-state index in [0.29, 0.717) is 22.9 Å². The molecule has 1 unspecified atom stereocenters. The summed E-state index contributed by atoms with van der Waals surface area (Å²) in [6.07, 6.45) is 0.423. The number of thiocyanates is 1. The van der Waals surface area contributed by atoms with E-state index in [1.54, 1.807) is 0 Å². The third-order valence-electron chi connectivity index (χ3n) is 1.37.